The van der Waals surface area contributed by atoms with E-state index in [1.807, 2.05) is 36.4 Å². The molecular weight excluding hydrogens is 266 g/mol. The SMILES string of the molecule is COc1ccc(-c2ccc3ncnc(N)c3c2)cc1OC. The zero-order valence-corrected chi connectivity index (χ0v) is 11.8. The molecule has 0 aliphatic rings. The van der Waals surface area contributed by atoms with E-state index in [1.54, 1.807) is 14.2 Å². The highest BCUT2D eigenvalue weighted by molar-refractivity contribution is 5.91. The number of methoxy groups -OCH3 is 2. The minimum absolute atomic E-state index is 0.474. The summed E-state index contributed by atoms with van der Waals surface area (Å²) in [5.74, 6) is 1.86. The lowest BCUT2D eigenvalue weighted by Crippen LogP contribution is -1.94. The Kier molecular flexibility index (Phi) is 3.31. The zero-order chi connectivity index (χ0) is 14.8. The fourth-order valence-electron chi connectivity index (χ4n) is 2.27. The maximum absolute atomic E-state index is 5.91. The summed E-state index contributed by atoms with van der Waals surface area (Å²) in [5, 5.41) is 0.838. The van der Waals surface area contributed by atoms with Gasteiger partial charge in [-0.15, -0.1) is 0 Å². The van der Waals surface area contributed by atoms with Gasteiger partial charge in [-0.3, -0.25) is 0 Å². The van der Waals surface area contributed by atoms with Crippen LogP contribution in [0.2, 0.25) is 0 Å². The molecule has 1 heterocycles. The second-order valence-electron chi connectivity index (χ2n) is 4.56. The predicted molar refractivity (Wildman–Crippen MR) is 82.5 cm³/mol. The standard InChI is InChI=1S/C16H15N3O2/c1-20-14-6-4-11(8-15(14)21-2)10-3-5-13-12(7-10)16(17)19-9-18-13/h3-9H,1-2H3,(H2,17,18,19). The second-order valence-corrected chi connectivity index (χ2v) is 4.56. The van der Waals surface area contributed by atoms with Crippen LogP contribution >= 0.6 is 0 Å². The molecule has 1 aromatic heterocycles. The Morgan fingerprint density at radius 2 is 1.57 bits per heavy atom. The van der Waals surface area contributed by atoms with Gasteiger partial charge < -0.3 is 15.2 Å². The van der Waals surface area contributed by atoms with Crippen LogP contribution in [0.3, 0.4) is 0 Å². The summed E-state index contributed by atoms with van der Waals surface area (Å²) < 4.78 is 10.6. The molecule has 2 aromatic carbocycles. The van der Waals surface area contributed by atoms with Gasteiger partial charge in [-0.25, -0.2) is 9.97 Å². The van der Waals surface area contributed by atoms with E-state index in [2.05, 4.69) is 9.97 Å². The Hall–Kier alpha value is -2.82. The molecule has 3 aromatic rings. The van der Waals surface area contributed by atoms with Crippen molar-refractivity contribution >= 4 is 16.7 Å². The van der Waals surface area contributed by atoms with Gasteiger partial charge in [0.2, 0.25) is 0 Å². The molecule has 2 N–H and O–H groups in total. The van der Waals surface area contributed by atoms with E-state index < -0.39 is 0 Å². The van der Waals surface area contributed by atoms with Crippen LogP contribution in [0.1, 0.15) is 0 Å². The average molecular weight is 281 g/mol. The minimum Gasteiger partial charge on any atom is -0.493 e. The second kappa shape index (κ2) is 5.28. The molecule has 0 aliphatic heterocycles. The van der Waals surface area contributed by atoms with Crippen molar-refractivity contribution in [1.82, 2.24) is 9.97 Å². The fraction of sp³-hybridized carbons (Fsp3) is 0.125. The molecule has 5 heteroatoms. The first-order chi connectivity index (χ1) is 10.2. The van der Waals surface area contributed by atoms with Crippen molar-refractivity contribution in [3.05, 3.63) is 42.7 Å². The van der Waals surface area contributed by atoms with Gasteiger partial charge in [-0.05, 0) is 35.4 Å². The Balaban J connectivity index is 2.14. The summed E-state index contributed by atoms with van der Waals surface area (Å²) in [6.45, 7) is 0. The predicted octanol–water partition coefficient (Wildman–Crippen LogP) is 2.90. The monoisotopic (exact) mass is 281 g/mol. The third-order valence-electron chi connectivity index (χ3n) is 3.38. The molecule has 3 rings (SSSR count). The highest BCUT2D eigenvalue weighted by Gasteiger charge is 2.08. The van der Waals surface area contributed by atoms with Gasteiger partial charge in [-0.1, -0.05) is 12.1 Å². The van der Waals surface area contributed by atoms with Crippen LogP contribution < -0.4 is 15.2 Å². The number of anilines is 1. The van der Waals surface area contributed by atoms with Crippen molar-refractivity contribution in [2.45, 2.75) is 0 Å². The summed E-state index contributed by atoms with van der Waals surface area (Å²) in [7, 11) is 3.24. The van der Waals surface area contributed by atoms with Crippen LogP contribution in [0.15, 0.2) is 42.7 Å². The van der Waals surface area contributed by atoms with Gasteiger partial charge in [0.05, 0.1) is 19.7 Å². The molecule has 0 saturated carbocycles. The Bertz CT molecular complexity index is 803. The molecule has 0 aliphatic carbocycles. The van der Waals surface area contributed by atoms with Gasteiger partial charge in [0.25, 0.3) is 0 Å². The van der Waals surface area contributed by atoms with Gasteiger partial charge >= 0.3 is 0 Å². The van der Waals surface area contributed by atoms with E-state index in [0.717, 1.165) is 22.0 Å². The number of fused-ring (bicyclic) bond motifs is 1. The minimum atomic E-state index is 0.474. The van der Waals surface area contributed by atoms with Crippen molar-refractivity contribution in [1.29, 1.82) is 0 Å². The number of aromatic nitrogens is 2. The maximum Gasteiger partial charge on any atom is 0.161 e. The summed E-state index contributed by atoms with van der Waals surface area (Å²) in [6, 6.07) is 11.7. The van der Waals surface area contributed by atoms with Crippen molar-refractivity contribution < 1.29 is 9.47 Å². The van der Waals surface area contributed by atoms with Crippen LogP contribution in [0.25, 0.3) is 22.0 Å². The molecule has 0 bridgehead atoms. The van der Waals surface area contributed by atoms with Gasteiger partial charge in [0.1, 0.15) is 12.1 Å². The van der Waals surface area contributed by atoms with E-state index in [4.69, 9.17) is 15.2 Å². The third kappa shape index (κ3) is 2.33. The smallest absolute Gasteiger partial charge is 0.161 e. The number of nitrogens with two attached hydrogens (primary N) is 1. The van der Waals surface area contributed by atoms with E-state index in [9.17, 15) is 0 Å². The lowest BCUT2D eigenvalue weighted by molar-refractivity contribution is 0.355. The molecule has 0 fully saturated rings. The summed E-state index contributed by atoms with van der Waals surface area (Å²) in [5.41, 5.74) is 8.77. The lowest BCUT2D eigenvalue weighted by atomic mass is 10.0. The first-order valence-electron chi connectivity index (χ1n) is 6.45. The molecule has 5 nitrogen and oxygen atoms in total. The highest BCUT2D eigenvalue weighted by Crippen LogP contribution is 2.33. The van der Waals surface area contributed by atoms with Crippen LogP contribution in [-0.4, -0.2) is 24.2 Å². The first kappa shape index (κ1) is 13.2. The molecular formula is C16H15N3O2. The number of nitrogens with zero attached hydrogens (tertiary/aromatic N) is 2. The maximum atomic E-state index is 5.91. The van der Waals surface area contributed by atoms with Gasteiger partial charge in [0, 0.05) is 5.39 Å². The number of rotatable bonds is 3. The van der Waals surface area contributed by atoms with E-state index in [1.165, 1.54) is 6.33 Å². The van der Waals surface area contributed by atoms with Crippen molar-refractivity contribution in [2.75, 3.05) is 20.0 Å². The first-order valence-corrected chi connectivity index (χ1v) is 6.45. The molecule has 0 atom stereocenters. The molecule has 0 radical (unpaired) electrons. The fourth-order valence-corrected chi connectivity index (χ4v) is 2.27. The Labute approximate surface area is 122 Å². The molecule has 0 spiro atoms. The highest BCUT2D eigenvalue weighted by atomic mass is 16.5. The van der Waals surface area contributed by atoms with E-state index >= 15 is 0 Å². The van der Waals surface area contributed by atoms with E-state index in [0.29, 0.717) is 17.3 Å². The molecule has 0 unspecified atom stereocenters. The molecule has 21 heavy (non-hydrogen) atoms. The Morgan fingerprint density at radius 3 is 2.33 bits per heavy atom. The topological polar surface area (TPSA) is 70.3 Å². The van der Waals surface area contributed by atoms with Crippen LogP contribution in [0, 0.1) is 0 Å². The zero-order valence-electron chi connectivity index (χ0n) is 11.8. The van der Waals surface area contributed by atoms with Crippen molar-refractivity contribution in [3.8, 4) is 22.6 Å². The van der Waals surface area contributed by atoms with Gasteiger partial charge in [-0.2, -0.15) is 0 Å². The lowest BCUT2D eigenvalue weighted by Gasteiger charge is -2.10. The van der Waals surface area contributed by atoms with Crippen LogP contribution in [0.4, 0.5) is 5.82 Å². The van der Waals surface area contributed by atoms with Crippen molar-refractivity contribution in [3.63, 3.8) is 0 Å². The molecule has 106 valence electrons. The average Bonchev–Trinajstić information content (AvgIpc) is 2.54. The van der Waals surface area contributed by atoms with Crippen LogP contribution in [-0.2, 0) is 0 Å². The summed E-state index contributed by atoms with van der Waals surface area (Å²) >= 11 is 0. The Morgan fingerprint density at radius 1 is 0.857 bits per heavy atom. The molecule has 0 saturated heterocycles. The van der Waals surface area contributed by atoms with Crippen molar-refractivity contribution in [2.24, 2.45) is 0 Å². The number of ether oxygens (including phenoxy) is 2. The number of benzene rings is 2. The number of hydrogen-bond donors (Lipinski definition) is 1. The quantitative estimate of drug-likeness (QED) is 0.799. The largest absolute Gasteiger partial charge is 0.493 e. The normalized spacial score (nSPS) is 10.6. The third-order valence-corrected chi connectivity index (χ3v) is 3.38. The number of hydrogen-bond acceptors (Lipinski definition) is 5. The summed E-state index contributed by atoms with van der Waals surface area (Å²) in [6.07, 6.45) is 1.47. The number of nitrogen functional groups attached to an aromatic ring is 1. The van der Waals surface area contributed by atoms with Gasteiger partial charge in [0.15, 0.2) is 11.5 Å². The van der Waals surface area contributed by atoms with Crippen LogP contribution in [0.5, 0.6) is 11.5 Å². The van der Waals surface area contributed by atoms with E-state index in [-0.39, 0.29) is 0 Å². The summed E-state index contributed by atoms with van der Waals surface area (Å²) in [4.78, 5) is 8.23. The molecule has 0 amide bonds.